The standard InChI is InChI=1S/C13H17AsNO8P/c1-9(17)15-12-7-10(18)4-5-11(12)14(20,21)23-13(19)3-2-6-24(22)8-16/h2-5,7,16,18,24H,6,8H2,1H3,(H,15,17)(H,20,21). The molecule has 0 aromatic heterocycles. The number of nitrogens with one attached hydrogen (secondary N) is 1. The van der Waals surface area contributed by atoms with Crippen molar-refractivity contribution in [2.75, 3.05) is 17.8 Å². The van der Waals surface area contributed by atoms with Gasteiger partial charge in [0.1, 0.15) is 0 Å². The fourth-order valence-corrected chi connectivity index (χ4v) is 4.41. The number of phenols is 1. The van der Waals surface area contributed by atoms with E-state index in [1.807, 2.05) is 0 Å². The van der Waals surface area contributed by atoms with Crippen molar-refractivity contribution in [2.24, 2.45) is 0 Å². The minimum atomic E-state index is -5.35. The number of carbonyl (C=O) groups excluding carboxylic acids is 2. The Morgan fingerprint density at radius 3 is 2.67 bits per heavy atom. The monoisotopic (exact) mass is 421 g/mol. The molecule has 132 valence electrons. The van der Waals surface area contributed by atoms with Gasteiger partial charge in [-0.1, -0.05) is 0 Å². The van der Waals surface area contributed by atoms with Crippen molar-refractivity contribution in [3.63, 3.8) is 0 Å². The molecule has 0 bridgehead atoms. The fourth-order valence-electron chi connectivity index (χ4n) is 1.61. The molecule has 4 N–H and O–H groups in total. The van der Waals surface area contributed by atoms with Crippen LogP contribution >= 0.6 is 7.80 Å². The predicted octanol–water partition coefficient (Wildman–Crippen LogP) is -0.472. The summed E-state index contributed by atoms with van der Waals surface area (Å²) in [6.45, 7) is 1.17. The number of phenolic OH excluding ortho intramolecular Hbond substituents is 1. The Labute approximate surface area is 141 Å². The van der Waals surface area contributed by atoms with Gasteiger partial charge in [0.05, 0.1) is 0 Å². The molecule has 1 aromatic carbocycles. The average molecular weight is 421 g/mol. The number of benzene rings is 1. The molecule has 0 aliphatic heterocycles. The molecule has 0 saturated carbocycles. The number of aliphatic hydroxyl groups excluding tert-OH is 1. The summed E-state index contributed by atoms with van der Waals surface area (Å²) in [6.07, 6.45) is 1.46. The van der Waals surface area contributed by atoms with Crippen molar-refractivity contribution >= 4 is 43.9 Å². The van der Waals surface area contributed by atoms with Gasteiger partial charge in [-0.3, -0.25) is 0 Å². The summed E-state index contributed by atoms with van der Waals surface area (Å²) in [5, 5.41) is 20.3. The second kappa shape index (κ2) is 8.89. The van der Waals surface area contributed by atoms with Crippen LogP contribution in [-0.2, 0) is 21.6 Å². The molecule has 24 heavy (non-hydrogen) atoms. The summed E-state index contributed by atoms with van der Waals surface area (Å²) < 4.78 is 37.6. The summed E-state index contributed by atoms with van der Waals surface area (Å²) >= 11 is -5.35. The van der Waals surface area contributed by atoms with Crippen LogP contribution in [0.25, 0.3) is 0 Å². The molecule has 0 fully saturated rings. The van der Waals surface area contributed by atoms with Crippen molar-refractivity contribution in [1.82, 2.24) is 0 Å². The van der Waals surface area contributed by atoms with Gasteiger partial charge in [-0.15, -0.1) is 0 Å². The van der Waals surface area contributed by atoms with Crippen LogP contribution in [-0.4, -0.2) is 52.9 Å². The maximum absolute atomic E-state index is 12.3. The molecule has 0 radical (unpaired) electrons. The van der Waals surface area contributed by atoms with E-state index in [2.05, 4.69) is 9.04 Å². The van der Waals surface area contributed by atoms with E-state index in [0.717, 1.165) is 24.3 Å². The topological polar surface area (TPSA) is 150 Å². The van der Waals surface area contributed by atoms with Crippen LogP contribution in [0.3, 0.4) is 0 Å². The SMILES string of the molecule is CC(=O)Nc1cc(O)ccc1[As](=O)(O)OC(=O)C=CC[PH](=O)CO. The van der Waals surface area contributed by atoms with Crippen molar-refractivity contribution in [3.8, 4) is 5.75 Å². The van der Waals surface area contributed by atoms with E-state index in [1.54, 1.807) is 0 Å². The van der Waals surface area contributed by atoms with Crippen LogP contribution in [0.1, 0.15) is 6.92 Å². The first-order valence-electron chi connectivity index (χ1n) is 6.62. The average Bonchev–Trinajstić information content (AvgIpc) is 2.45. The van der Waals surface area contributed by atoms with E-state index < -0.39 is 40.2 Å². The van der Waals surface area contributed by atoms with Gasteiger partial charge in [0.25, 0.3) is 0 Å². The molecule has 2 atom stereocenters. The minimum absolute atomic E-state index is 0.0465. The third-order valence-corrected chi connectivity index (χ3v) is 6.62. The van der Waals surface area contributed by atoms with Gasteiger partial charge in [-0.25, -0.2) is 0 Å². The van der Waals surface area contributed by atoms with E-state index in [9.17, 15) is 27.1 Å². The van der Waals surface area contributed by atoms with E-state index in [4.69, 9.17) is 5.11 Å². The molecule has 11 heteroatoms. The number of hydrogen-bond donors (Lipinski definition) is 4. The van der Waals surface area contributed by atoms with Crippen LogP contribution in [0, 0.1) is 0 Å². The first kappa shape index (κ1) is 20.3. The quantitative estimate of drug-likeness (QED) is 0.262. The molecule has 1 rings (SSSR count). The van der Waals surface area contributed by atoms with Crippen molar-refractivity contribution in [3.05, 3.63) is 30.4 Å². The number of amides is 1. The zero-order chi connectivity index (χ0) is 18.3. The van der Waals surface area contributed by atoms with Gasteiger partial charge in [0, 0.05) is 0 Å². The number of allylic oxidation sites excluding steroid dienone is 1. The molecule has 0 aliphatic carbocycles. The molecular formula is C13H17AsNO8P. The summed E-state index contributed by atoms with van der Waals surface area (Å²) in [6, 6.07) is 3.24. The third-order valence-electron chi connectivity index (χ3n) is 2.58. The Kier molecular flexibility index (Phi) is 7.50. The van der Waals surface area contributed by atoms with Gasteiger partial charge in [-0.05, 0) is 0 Å². The zero-order valence-corrected chi connectivity index (χ0v) is 15.5. The molecule has 1 aromatic rings. The molecule has 2 unspecified atom stereocenters. The van der Waals surface area contributed by atoms with Crippen molar-refractivity contribution in [2.45, 2.75) is 6.92 Å². The Hall–Kier alpha value is -1.79. The Balaban J connectivity index is 2.95. The van der Waals surface area contributed by atoms with Gasteiger partial charge >= 0.3 is 141 Å². The molecule has 0 heterocycles. The van der Waals surface area contributed by atoms with Gasteiger partial charge in [0.2, 0.25) is 0 Å². The number of rotatable bonds is 7. The Morgan fingerprint density at radius 2 is 2.08 bits per heavy atom. The number of carbonyl (C=O) groups is 2. The number of aromatic hydroxyl groups is 1. The summed E-state index contributed by atoms with van der Waals surface area (Å²) in [5.74, 6) is -1.93. The van der Waals surface area contributed by atoms with E-state index >= 15 is 0 Å². The fraction of sp³-hybridized carbons (Fsp3) is 0.231. The molecular weight excluding hydrogens is 404 g/mol. The van der Waals surface area contributed by atoms with Crippen LogP contribution in [0.15, 0.2) is 30.4 Å². The summed E-state index contributed by atoms with van der Waals surface area (Å²) in [4.78, 5) is 22.7. The van der Waals surface area contributed by atoms with Crippen LogP contribution in [0.5, 0.6) is 5.75 Å². The molecule has 0 saturated heterocycles. The van der Waals surface area contributed by atoms with Gasteiger partial charge in [0.15, 0.2) is 0 Å². The zero-order valence-electron chi connectivity index (χ0n) is 12.6. The molecule has 0 spiro atoms. The van der Waals surface area contributed by atoms with Gasteiger partial charge < -0.3 is 0 Å². The Morgan fingerprint density at radius 1 is 1.42 bits per heavy atom. The van der Waals surface area contributed by atoms with Crippen molar-refractivity contribution in [1.29, 1.82) is 0 Å². The number of anilines is 1. The number of hydrogen-bond acceptors (Lipinski definition) is 7. The van der Waals surface area contributed by atoms with Crippen LogP contribution in [0.2, 0.25) is 0 Å². The predicted molar refractivity (Wildman–Crippen MR) is 86.9 cm³/mol. The Bertz CT molecular complexity index is 733. The molecule has 1 amide bonds. The summed E-state index contributed by atoms with van der Waals surface area (Å²) in [5.41, 5.74) is -0.144. The third kappa shape index (κ3) is 6.37. The second-order valence-corrected chi connectivity index (χ2v) is 10.00. The van der Waals surface area contributed by atoms with Crippen molar-refractivity contribution < 1.29 is 35.9 Å². The second-order valence-electron chi connectivity index (χ2n) is 4.62. The number of aliphatic hydroxyl groups is 1. The van der Waals surface area contributed by atoms with E-state index in [-0.39, 0.29) is 21.9 Å². The summed E-state index contributed by atoms with van der Waals surface area (Å²) in [7, 11) is -2.23. The normalized spacial score (nSPS) is 14.8. The maximum atomic E-state index is 12.3. The van der Waals surface area contributed by atoms with Gasteiger partial charge in [-0.2, -0.15) is 0 Å². The molecule has 0 aliphatic rings. The van der Waals surface area contributed by atoms with E-state index in [0.29, 0.717) is 0 Å². The first-order valence-corrected chi connectivity index (χ1v) is 11.8. The van der Waals surface area contributed by atoms with Crippen LogP contribution in [0.4, 0.5) is 5.69 Å². The molecule has 9 nitrogen and oxygen atoms in total. The first-order chi connectivity index (χ1) is 11.2. The van der Waals surface area contributed by atoms with Crippen LogP contribution < -0.4 is 9.67 Å². The van der Waals surface area contributed by atoms with E-state index in [1.165, 1.54) is 13.0 Å².